The first-order valence-corrected chi connectivity index (χ1v) is 13.2. The van der Waals surface area contributed by atoms with Crippen LogP contribution in [0.25, 0.3) is 10.9 Å². The van der Waals surface area contributed by atoms with Crippen molar-refractivity contribution in [3.05, 3.63) is 69.6 Å². The number of morpholine rings is 1. The third-order valence-electron chi connectivity index (χ3n) is 6.00. The first-order chi connectivity index (χ1) is 17.2. The van der Waals surface area contributed by atoms with Crippen LogP contribution < -0.4 is 15.1 Å². The number of hydrogen-bond acceptors (Lipinski definition) is 8. The number of pyridine rings is 1. The van der Waals surface area contributed by atoms with Crippen LogP contribution in [0.5, 0.6) is 0 Å². The van der Waals surface area contributed by atoms with Crippen LogP contribution in [-0.2, 0) is 11.3 Å². The minimum atomic E-state index is 0.695. The Kier molecular flexibility index (Phi) is 7.61. The van der Waals surface area contributed by atoms with Gasteiger partial charge in [0.2, 0.25) is 5.95 Å². The predicted molar refractivity (Wildman–Crippen MR) is 145 cm³/mol. The summed E-state index contributed by atoms with van der Waals surface area (Å²) in [5, 5.41) is 7.46. The molecule has 0 radical (unpaired) electrons. The molecule has 0 saturated carbocycles. The highest BCUT2D eigenvalue weighted by atomic mass is 35.5. The summed E-state index contributed by atoms with van der Waals surface area (Å²) in [6.45, 7) is 7.68. The zero-order valence-corrected chi connectivity index (χ0v) is 21.4. The molecule has 0 spiro atoms. The van der Waals surface area contributed by atoms with Crippen molar-refractivity contribution in [1.82, 2.24) is 15.0 Å². The molecule has 1 N–H and O–H groups in total. The van der Waals surface area contributed by atoms with Crippen LogP contribution >= 0.6 is 22.9 Å². The summed E-state index contributed by atoms with van der Waals surface area (Å²) < 4.78 is 5.52. The fourth-order valence-electron chi connectivity index (χ4n) is 4.24. The van der Waals surface area contributed by atoms with Gasteiger partial charge in [0.25, 0.3) is 0 Å². The highest BCUT2D eigenvalue weighted by molar-refractivity contribution is 7.09. The molecule has 7 nitrogen and oxygen atoms in total. The summed E-state index contributed by atoms with van der Waals surface area (Å²) in [4.78, 5) is 20.1. The fraction of sp³-hybridized carbons (Fsp3) is 0.346. The average Bonchev–Trinajstić information content (AvgIpc) is 3.39. The van der Waals surface area contributed by atoms with E-state index in [0.717, 1.165) is 86.4 Å². The zero-order valence-electron chi connectivity index (χ0n) is 19.8. The van der Waals surface area contributed by atoms with Crippen LogP contribution in [-0.4, -0.2) is 54.3 Å². The Morgan fingerprint density at radius 1 is 1.14 bits per heavy atom. The Morgan fingerprint density at radius 2 is 2.03 bits per heavy atom. The van der Waals surface area contributed by atoms with Crippen molar-refractivity contribution in [3.63, 3.8) is 0 Å². The standard InChI is InChI=1S/C26H29ClN6OS/c1-19-16-25(32-11-13-34-14-12-32)31-26(30-19)33(18-21-4-2-15-35-21)10-3-8-28-23-7-9-29-24-17-20(27)5-6-22(23)24/h2,4-7,9,15-17H,3,8,10-14,18H2,1H3,(H,28,29). The third-order valence-corrected chi connectivity index (χ3v) is 7.09. The maximum absolute atomic E-state index is 6.13. The molecule has 1 aliphatic heterocycles. The lowest BCUT2D eigenvalue weighted by Crippen LogP contribution is -2.37. The quantitative estimate of drug-likeness (QED) is 0.304. The number of fused-ring (bicyclic) bond motifs is 1. The lowest BCUT2D eigenvalue weighted by molar-refractivity contribution is 0.122. The number of hydrogen-bond donors (Lipinski definition) is 1. The highest BCUT2D eigenvalue weighted by Crippen LogP contribution is 2.25. The SMILES string of the molecule is Cc1cc(N2CCOCC2)nc(N(CCCNc2ccnc3cc(Cl)ccc23)Cc2cccs2)n1. The van der Waals surface area contributed by atoms with Gasteiger partial charge in [-0.25, -0.2) is 4.98 Å². The van der Waals surface area contributed by atoms with E-state index in [9.17, 15) is 0 Å². The number of ether oxygens (including phenoxy) is 1. The van der Waals surface area contributed by atoms with Gasteiger partial charge >= 0.3 is 0 Å². The second kappa shape index (κ2) is 11.2. The summed E-state index contributed by atoms with van der Waals surface area (Å²) in [6, 6.07) is 14.2. The molecule has 5 rings (SSSR count). The molecule has 4 heterocycles. The fourth-order valence-corrected chi connectivity index (χ4v) is 5.13. The van der Waals surface area contributed by atoms with Crippen molar-refractivity contribution in [2.75, 3.05) is 54.5 Å². The molecule has 3 aromatic heterocycles. The van der Waals surface area contributed by atoms with Crippen molar-refractivity contribution >= 4 is 51.3 Å². The molecule has 0 aliphatic carbocycles. The topological polar surface area (TPSA) is 66.4 Å². The molecule has 1 aliphatic rings. The first-order valence-electron chi connectivity index (χ1n) is 11.9. The van der Waals surface area contributed by atoms with Gasteiger partial charge in [-0.05, 0) is 49.1 Å². The molecule has 9 heteroatoms. The molecular weight excluding hydrogens is 480 g/mol. The Morgan fingerprint density at radius 3 is 2.86 bits per heavy atom. The first kappa shape index (κ1) is 23.8. The van der Waals surface area contributed by atoms with E-state index in [1.165, 1.54) is 4.88 Å². The Bertz CT molecular complexity index is 1260. The molecule has 0 atom stereocenters. The van der Waals surface area contributed by atoms with Crippen LogP contribution in [0.15, 0.2) is 54.0 Å². The van der Waals surface area contributed by atoms with Gasteiger partial charge in [0.15, 0.2) is 0 Å². The van der Waals surface area contributed by atoms with E-state index in [2.05, 4.69) is 43.7 Å². The van der Waals surface area contributed by atoms with Gasteiger partial charge in [-0.2, -0.15) is 4.98 Å². The number of nitrogens with zero attached hydrogens (tertiary/aromatic N) is 5. The zero-order chi connectivity index (χ0) is 24.0. The summed E-state index contributed by atoms with van der Waals surface area (Å²) in [7, 11) is 0. The molecule has 0 unspecified atom stereocenters. The van der Waals surface area contributed by atoms with Gasteiger partial charge in [-0.3, -0.25) is 4.98 Å². The number of halogens is 1. The van der Waals surface area contributed by atoms with E-state index in [1.54, 1.807) is 11.3 Å². The van der Waals surface area contributed by atoms with Crippen LogP contribution in [0.4, 0.5) is 17.5 Å². The maximum atomic E-state index is 6.13. The molecule has 4 aromatic rings. The minimum Gasteiger partial charge on any atom is -0.384 e. The van der Waals surface area contributed by atoms with Gasteiger partial charge in [0, 0.05) is 65.1 Å². The molecule has 1 saturated heterocycles. The Balaban J connectivity index is 1.30. The van der Waals surface area contributed by atoms with Crippen molar-refractivity contribution < 1.29 is 4.74 Å². The number of anilines is 3. The number of benzene rings is 1. The van der Waals surface area contributed by atoms with Gasteiger partial charge in [0.05, 0.1) is 25.3 Å². The third kappa shape index (κ3) is 6.01. The van der Waals surface area contributed by atoms with E-state index >= 15 is 0 Å². The molecule has 1 aromatic carbocycles. The molecule has 182 valence electrons. The van der Waals surface area contributed by atoms with Crippen LogP contribution in [0.1, 0.15) is 17.0 Å². The number of nitrogens with one attached hydrogen (secondary N) is 1. The Labute approximate surface area is 214 Å². The van der Waals surface area contributed by atoms with Gasteiger partial charge in [-0.1, -0.05) is 17.7 Å². The van der Waals surface area contributed by atoms with E-state index in [-0.39, 0.29) is 0 Å². The average molecular weight is 509 g/mol. The second-order valence-electron chi connectivity index (χ2n) is 8.57. The second-order valence-corrected chi connectivity index (χ2v) is 10.0. The maximum Gasteiger partial charge on any atom is 0.227 e. The number of rotatable bonds is 9. The molecular formula is C26H29ClN6OS. The van der Waals surface area contributed by atoms with E-state index in [0.29, 0.717) is 5.02 Å². The summed E-state index contributed by atoms with van der Waals surface area (Å²) in [5.74, 6) is 1.76. The van der Waals surface area contributed by atoms with E-state index in [4.69, 9.17) is 26.3 Å². The highest BCUT2D eigenvalue weighted by Gasteiger charge is 2.17. The van der Waals surface area contributed by atoms with Crippen LogP contribution in [0, 0.1) is 6.92 Å². The van der Waals surface area contributed by atoms with Crippen LogP contribution in [0.3, 0.4) is 0 Å². The number of thiophene rings is 1. The van der Waals surface area contributed by atoms with E-state index < -0.39 is 0 Å². The van der Waals surface area contributed by atoms with Gasteiger partial charge < -0.3 is 19.9 Å². The number of aromatic nitrogens is 3. The van der Waals surface area contributed by atoms with Gasteiger partial charge in [0.1, 0.15) is 5.82 Å². The molecule has 1 fully saturated rings. The lowest BCUT2D eigenvalue weighted by atomic mass is 10.2. The predicted octanol–water partition coefficient (Wildman–Crippen LogP) is 5.39. The Hall–Kier alpha value is -2.94. The minimum absolute atomic E-state index is 0.695. The summed E-state index contributed by atoms with van der Waals surface area (Å²) in [6.07, 6.45) is 2.75. The molecule has 0 amide bonds. The van der Waals surface area contributed by atoms with E-state index in [1.807, 2.05) is 37.4 Å². The van der Waals surface area contributed by atoms with Crippen molar-refractivity contribution in [1.29, 1.82) is 0 Å². The molecule has 35 heavy (non-hydrogen) atoms. The van der Waals surface area contributed by atoms with Gasteiger partial charge in [-0.15, -0.1) is 11.3 Å². The lowest BCUT2D eigenvalue weighted by Gasteiger charge is -2.29. The summed E-state index contributed by atoms with van der Waals surface area (Å²) >= 11 is 7.90. The van der Waals surface area contributed by atoms with Crippen molar-refractivity contribution in [2.45, 2.75) is 19.9 Å². The molecule has 0 bridgehead atoms. The smallest absolute Gasteiger partial charge is 0.227 e. The van der Waals surface area contributed by atoms with Crippen molar-refractivity contribution in [2.24, 2.45) is 0 Å². The van der Waals surface area contributed by atoms with Crippen LogP contribution in [0.2, 0.25) is 5.02 Å². The number of aryl methyl sites for hydroxylation is 1. The largest absolute Gasteiger partial charge is 0.384 e. The normalized spacial score (nSPS) is 13.8. The monoisotopic (exact) mass is 508 g/mol. The summed E-state index contributed by atoms with van der Waals surface area (Å²) in [5.41, 5.74) is 2.94. The van der Waals surface area contributed by atoms with Crippen molar-refractivity contribution in [3.8, 4) is 0 Å².